The quantitative estimate of drug-likeness (QED) is 0.515. The number of nitrogens with one attached hydrogen (secondary N) is 1. The zero-order chi connectivity index (χ0) is 19.2. The maximum atomic E-state index is 11.1. The predicted molar refractivity (Wildman–Crippen MR) is 104 cm³/mol. The zero-order valence-electron chi connectivity index (χ0n) is 15.5. The van der Waals surface area contributed by atoms with E-state index < -0.39 is 0 Å². The Bertz CT molecular complexity index is 945. The lowest BCUT2D eigenvalue weighted by Crippen LogP contribution is -2.06. The number of oxime groups is 1. The Morgan fingerprint density at radius 1 is 1.11 bits per heavy atom. The molecule has 3 aromatic rings. The fourth-order valence-corrected chi connectivity index (χ4v) is 2.51. The lowest BCUT2D eigenvalue weighted by atomic mass is 10.1. The first-order valence-electron chi connectivity index (χ1n) is 8.59. The number of hydrogen-bond acceptors (Lipinski definition) is 5. The van der Waals surface area contributed by atoms with E-state index in [1.54, 1.807) is 0 Å². The number of hydrogen-bond donors (Lipinski definition) is 1. The Balaban J connectivity index is 1.63. The van der Waals surface area contributed by atoms with E-state index >= 15 is 0 Å². The minimum Gasteiger partial charge on any atom is -0.441 e. The standard InChI is InChI=1S/C21H21N3O3/c1-14(17-9-11-19(12-10-17)22-16(3)25)24-26-13-20-15(2)27-21(23-20)18-7-5-4-6-8-18/h4-12H,13H2,1-3H3,(H,22,25)/b24-14+. The summed E-state index contributed by atoms with van der Waals surface area (Å²) >= 11 is 0. The van der Waals surface area contributed by atoms with E-state index in [2.05, 4.69) is 15.5 Å². The molecule has 0 spiro atoms. The molecule has 0 aliphatic carbocycles. The van der Waals surface area contributed by atoms with Crippen LogP contribution < -0.4 is 5.32 Å². The van der Waals surface area contributed by atoms with Gasteiger partial charge < -0.3 is 14.6 Å². The number of aryl methyl sites for hydroxylation is 1. The van der Waals surface area contributed by atoms with Crippen molar-refractivity contribution in [2.24, 2.45) is 5.16 Å². The maximum Gasteiger partial charge on any atom is 0.226 e. The second kappa shape index (κ2) is 8.31. The first kappa shape index (κ1) is 18.4. The number of nitrogens with zero attached hydrogens (tertiary/aromatic N) is 2. The third-order valence-electron chi connectivity index (χ3n) is 3.94. The third-order valence-corrected chi connectivity index (χ3v) is 3.94. The topological polar surface area (TPSA) is 76.7 Å². The predicted octanol–water partition coefficient (Wildman–Crippen LogP) is 4.55. The Hall–Kier alpha value is -3.41. The summed E-state index contributed by atoms with van der Waals surface area (Å²) in [4.78, 5) is 21.0. The van der Waals surface area contributed by atoms with Crippen LogP contribution in [-0.4, -0.2) is 16.6 Å². The Kier molecular flexibility index (Phi) is 5.66. The minimum atomic E-state index is -0.102. The fraction of sp³-hybridized carbons (Fsp3) is 0.190. The van der Waals surface area contributed by atoms with Gasteiger partial charge in [0.25, 0.3) is 0 Å². The van der Waals surface area contributed by atoms with Gasteiger partial charge in [-0.2, -0.15) is 0 Å². The summed E-state index contributed by atoms with van der Waals surface area (Å²) in [5.74, 6) is 1.18. The van der Waals surface area contributed by atoms with Crippen molar-refractivity contribution < 1.29 is 14.0 Å². The van der Waals surface area contributed by atoms with E-state index in [4.69, 9.17) is 9.25 Å². The van der Waals surface area contributed by atoms with E-state index in [9.17, 15) is 4.79 Å². The van der Waals surface area contributed by atoms with Crippen molar-refractivity contribution in [1.82, 2.24) is 4.98 Å². The average molecular weight is 363 g/mol. The van der Waals surface area contributed by atoms with Gasteiger partial charge >= 0.3 is 0 Å². The lowest BCUT2D eigenvalue weighted by Gasteiger charge is -2.04. The highest BCUT2D eigenvalue weighted by Crippen LogP contribution is 2.21. The molecule has 1 heterocycles. The Labute approximate surface area is 157 Å². The monoisotopic (exact) mass is 363 g/mol. The first-order chi connectivity index (χ1) is 13.0. The number of anilines is 1. The molecule has 1 aromatic heterocycles. The number of aromatic nitrogens is 1. The molecule has 0 fully saturated rings. The molecule has 0 aliphatic heterocycles. The molecule has 6 nitrogen and oxygen atoms in total. The van der Waals surface area contributed by atoms with Crippen LogP contribution in [-0.2, 0) is 16.2 Å². The number of amides is 1. The van der Waals surface area contributed by atoms with Crippen molar-refractivity contribution in [3.8, 4) is 11.5 Å². The number of benzene rings is 2. The number of carbonyl (C=O) groups excluding carboxylic acids is 1. The fourth-order valence-electron chi connectivity index (χ4n) is 2.51. The van der Waals surface area contributed by atoms with Crippen molar-refractivity contribution in [1.29, 1.82) is 0 Å². The van der Waals surface area contributed by atoms with Gasteiger partial charge in [-0.05, 0) is 43.7 Å². The number of rotatable bonds is 6. The van der Waals surface area contributed by atoms with E-state index in [1.807, 2.05) is 68.4 Å². The third kappa shape index (κ3) is 4.82. The summed E-state index contributed by atoms with van der Waals surface area (Å²) < 4.78 is 5.71. The maximum absolute atomic E-state index is 11.1. The van der Waals surface area contributed by atoms with Crippen molar-refractivity contribution in [3.05, 3.63) is 71.6 Å². The molecule has 1 N–H and O–H groups in total. The largest absolute Gasteiger partial charge is 0.441 e. The van der Waals surface area contributed by atoms with Gasteiger partial charge in [0.1, 0.15) is 11.5 Å². The van der Waals surface area contributed by atoms with Gasteiger partial charge in [0.05, 0.1) is 5.71 Å². The van der Waals surface area contributed by atoms with Crippen LogP contribution in [0.4, 0.5) is 5.69 Å². The second-order valence-corrected chi connectivity index (χ2v) is 6.10. The number of oxazole rings is 1. The molecule has 6 heteroatoms. The number of carbonyl (C=O) groups is 1. The molecule has 0 radical (unpaired) electrons. The van der Waals surface area contributed by atoms with Crippen LogP contribution in [0.3, 0.4) is 0 Å². The van der Waals surface area contributed by atoms with Crippen molar-refractivity contribution in [3.63, 3.8) is 0 Å². The van der Waals surface area contributed by atoms with Gasteiger partial charge in [-0.3, -0.25) is 4.79 Å². The normalized spacial score (nSPS) is 11.3. The molecule has 27 heavy (non-hydrogen) atoms. The van der Waals surface area contributed by atoms with Crippen molar-refractivity contribution >= 4 is 17.3 Å². The van der Waals surface area contributed by atoms with Crippen LogP contribution in [0.15, 0.2) is 64.2 Å². The summed E-state index contributed by atoms with van der Waals surface area (Å²) in [5.41, 5.74) is 4.02. The average Bonchev–Trinajstić information content (AvgIpc) is 3.03. The second-order valence-electron chi connectivity index (χ2n) is 6.10. The highest BCUT2D eigenvalue weighted by atomic mass is 16.6. The lowest BCUT2D eigenvalue weighted by molar-refractivity contribution is -0.114. The van der Waals surface area contributed by atoms with Gasteiger partial charge in [-0.1, -0.05) is 35.5 Å². The van der Waals surface area contributed by atoms with Gasteiger partial charge in [-0.25, -0.2) is 4.98 Å². The van der Waals surface area contributed by atoms with Crippen LogP contribution in [0.1, 0.15) is 30.9 Å². The van der Waals surface area contributed by atoms with E-state index in [1.165, 1.54) is 6.92 Å². The summed E-state index contributed by atoms with van der Waals surface area (Å²) in [6.07, 6.45) is 0. The summed E-state index contributed by atoms with van der Waals surface area (Å²) in [6.45, 7) is 5.42. The molecule has 138 valence electrons. The summed E-state index contributed by atoms with van der Waals surface area (Å²) in [5, 5.41) is 6.88. The van der Waals surface area contributed by atoms with Gasteiger partial charge in [0.15, 0.2) is 6.61 Å². The molecule has 0 atom stereocenters. The molecule has 3 rings (SSSR count). The minimum absolute atomic E-state index is 0.102. The molecular formula is C21H21N3O3. The van der Waals surface area contributed by atoms with Gasteiger partial charge in [-0.15, -0.1) is 0 Å². The van der Waals surface area contributed by atoms with E-state index in [-0.39, 0.29) is 12.5 Å². The highest BCUT2D eigenvalue weighted by molar-refractivity contribution is 5.99. The van der Waals surface area contributed by atoms with E-state index in [0.29, 0.717) is 17.3 Å². The molecule has 0 saturated carbocycles. The zero-order valence-corrected chi connectivity index (χ0v) is 15.5. The molecular weight excluding hydrogens is 342 g/mol. The Morgan fingerprint density at radius 3 is 2.48 bits per heavy atom. The van der Waals surface area contributed by atoms with Crippen LogP contribution in [0.5, 0.6) is 0 Å². The molecule has 0 bridgehead atoms. The SMILES string of the molecule is CC(=O)Nc1ccc(/C(C)=N/OCc2nc(-c3ccccc3)oc2C)cc1. The smallest absolute Gasteiger partial charge is 0.226 e. The Morgan fingerprint density at radius 2 is 1.81 bits per heavy atom. The molecule has 2 aromatic carbocycles. The van der Waals surface area contributed by atoms with Crippen molar-refractivity contribution in [2.75, 3.05) is 5.32 Å². The highest BCUT2D eigenvalue weighted by Gasteiger charge is 2.11. The summed E-state index contributed by atoms with van der Waals surface area (Å²) in [7, 11) is 0. The van der Waals surface area contributed by atoms with Crippen LogP contribution in [0.2, 0.25) is 0 Å². The molecule has 0 aliphatic rings. The molecule has 0 unspecified atom stereocenters. The summed E-state index contributed by atoms with van der Waals surface area (Å²) in [6, 6.07) is 17.1. The van der Waals surface area contributed by atoms with Crippen LogP contribution in [0, 0.1) is 6.92 Å². The first-order valence-corrected chi connectivity index (χ1v) is 8.59. The van der Waals surface area contributed by atoms with Gasteiger partial charge in [0.2, 0.25) is 11.8 Å². The molecule has 1 amide bonds. The molecule has 0 saturated heterocycles. The van der Waals surface area contributed by atoms with Gasteiger partial charge in [0, 0.05) is 18.2 Å². The van der Waals surface area contributed by atoms with Crippen molar-refractivity contribution in [2.45, 2.75) is 27.4 Å². The van der Waals surface area contributed by atoms with E-state index in [0.717, 1.165) is 22.5 Å². The van der Waals surface area contributed by atoms with Crippen LogP contribution in [0.25, 0.3) is 11.5 Å². The van der Waals surface area contributed by atoms with Crippen LogP contribution >= 0.6 is 0 Å².